The SMILES string of the molecule is O=C(N[C@@H](c1nn[nH]n1)c1cc(F)ccc1F)c1csc(-c2cccc(Cl)c2)n1. The van der Waals surface area contributed by atoms with Crippen LogP contribution in [0, 0.1) is 11.6 Å². The summed E-state index contributed by atoms with van der Waals surface area (Å²) in [6.07, 6.45) is 0. The van der Waals surface area contributed by atoms with E-state index in [1.165, 1.54) is 11.3 Å². The van der Waals surface area contributed by atoms with Gasteiger partial charge in [0.05, 0.1) is 0 Å². The molecule has 1 atom stereocenters. The van der Waals surface area contributed by atoms with E-state index in [-0.39, 0.29) is 17.1 Å². The maximum Gasteiger partial charge on any atom is 0.271 e. The van der Waals surface area contributed by atoms with E-state index in [1.54, 1.807) is 23.6 Å². The first-order chi connectivity index (χ1) is 14.0. The molecule has 0 saturated carbocycles. The van der Waals surface area contributed by atoms with E-state index < -0.39 is 23.6 Å². The Balaban J connectivity index is 1.63. The number of aromatic nitrogens is 5. The van der Waals surface area contributed by atoms with Crippen molar-refractivity contribution in [1.29, 1.82) is 0 Å². The van der Waals surface area contributed by atoms with Crippen molar-refractivity contribution in [3.63, 3.8) is 0 Å². The van der Waals surface area contributed by atoms with E-state index in [9.17, 15) is 13.6 Å². The quantitative estimate of drug-likeness (QED) is 0.500. The summed E-state index contributed by atoms with van der Waals surface area (Å²) in [5, 5.41) is 18.5. The van der Waals surface area contributed by atoms with Crippen molar-refractivity contribution < 1.29 is 13.6 Å². The third-order valence-electron chi connectivity index (χ3n) is 3.97. The lowest BCUT2D eigenvalue weighted by Gasteiger charge is -2.16. The van der Waals surface area contributed by atoms with Gasteiger partial charge in [-0.25, -0.2) is 13.8 Å². The monoisotopic (exact) mass is 432 g/mol. The van der Waals surface area contributed by atoms with Gasteiger partial charge in [-0.15, -0.1) is 21.5 Å². The Hall–Kier alpha value is -3.24. The Kier molecular flexibility index (Phi) is 5.28. The molecule has 0 aliphatic rings. The molecule has 0 saturated heterocycles. The summed E-state index contributed by atoms with van der Waals surface area (Å²) in [6.45, 7) is 0. The first kappa shape index (κ1) is 19.1. The zero-order valence-corrected chi connectivity index (χ0v) is 16.0. The Labute approximate surface area is 171 Å². The lowest BCUT2D eigenvalue weighted by molar-refractivity contribution is 0.0936. The molecule has 2 N–H and O–H groups in total. The number of carbonyl (C=O) groups excluding carboxylic acids is 1. The van der Waals surface area contributed by atoms with Crippen LogP contribution in [0.3, 0.4) is 0 Å². The third-order valence-corrected chi connectivity index (χ3v) is 5.10. The molecule has 1 amide bonds. The Morgan fingerprint density at radius 3 is 2.83 bits per heavy atom. The minimum absolute atomic E-state index is 0.0202. The Morgan fingerprint density at radius 2 is 2.07 bits per heavy atom. The van der Waals surface area contributed by atoms with Crippen LogP contribution in [0.15, 0.2) is 47.8 Å². The van der Waals surface area contributed by atoms with Crippen LogP contribution in [0.5, 0.6) is 0 Å². The lowest BCUT2D eigenvalue weighted by Crippen LogP contribution is -2.31. The van der Waals surface area contributed by atoms with Gasteiger partial charge in [0.25, 0.3) is 5.91 Å². The highest BCUT2D eigenvalue weighted by Gasteiger charge is 2.26. The number of benzene rings is 2. The van der Waals surface area contributed by atoms with Crippen LogP contribution in [0.4, 0.5) is 8.78 Å². The van der Waals surface area contributed by atoms with E-state index in [2.05, 4.69) is 30.9 Å². The number of hydrogen-bond acceptors (Lipinski definition) is 6. The number of halogens is 3. The smallest absolute Gasteiger partial charge is 0.271 e. The van der Waals surface area contributed by atoms with Gasteiger partial charge < -0.3 is 5.32 Å². The minimum atomic E-state index is -1.16. The molecule has 0 spiro atoms. The summed E-state index contributed by atoms with van der Waals surface area (Å²) in [7, 11) is 0. The molecule has 4 aromatic rings. The molecule has 0 radical (unpaired) electrons. The number of nitrogens with one attached hydrogen (secondary N) is 2. The number of hydrogen-bond donors (Lipinski definition) is 2. The summed E-state index contributed by atoms with van der Waals surface area (Å²) in [5.74, 6) is -2.01. The van der Waals surface area contributed by atoms with Crippen LogP contribution in [0.2, 0.25) is 5.02 Å². The van der Waals surface area contributed by atoms with E-state index in [1.807, 2.05) is 6.07 Å². The van der Waals surface area contributed by atoms with Crippen molar-refractivity contribution in [3.05, 3.63) is 81.6 Å². The first-order valence-corrected chi connectivity index (χ1v) is 9.47. The van der Waals surface area contributed by atoms with Gasteiger partial charge in [-0.2, -0.15) is 5.21 Å². The van der Waals surface area contributed by atoms with Crippen LogP contribution < -0.4 is 5.32 Å². The van der Waals surface area contributed by atoms with E-state index in [4.69, 9.17) is 11.6 Å². The molecule has 146 valence electrons. The van der Waals surface area contributed by atoms with Crippen LogP contribution in [0.1, 0.15) is 27.9 Å². The molecule has 7 nitrogen and oxygen atoms in total. The molecule has 29 heavy (non-hydrogen) atoms. The fourth-order valence-electron chi connectivity index (χ4n) is 2.65. The van der Waals surface area contributed by atoms with Crippen molar-refractivity contribution in [2.24, 2.45) is 0 Å². The number of amides is 1. The van der Waals surface area contributed by atoms with Crippen molar-refractivity contribution >= 4 is 28.8 Å². The van der Waals surface area contributed by atoms with Crippen LogP contribution in [-0.4, -0.2) is 31.5 Å². The van der Waals surface area contributed by atoms with Crippen molar-refractivity contribution in [2.75, 3.05) is 0 Å². The zero-order chi connectivity index (χ0) is 20.4. The Morgan fingerprint density at radius 1 is 1.21 bits per heavy atom. The summed E-state index contributed by atoms with van der Waals surface area (Å²) in [6, 6.07) is 8.80. The highest BCUT2D eigenvalue weighted by atomic mass is 35.5. The fourth-order valence-corrected chi connectivity index (χ4v) is 3.63. The van der Waals surface area contributed by atoms with Crippen molar-refractivity contribution in [1.82, 2.24) is 30.9 Å². The topological polar surface area (TPSA) is 96.5 Å². The van der Waals surface area contributed by atoms with Crippen LogP contribution >= 0.6 is 22.9 Å². The highest BCUT2D eigenvalue weighted by Crippen LogP contribution is 2.27. The second-order valence-electron chi connectivity index (χ2n) is 5.89. The number of aromatic amines is 1. The zero-order valence-electron chi connectivity index (χ0n) is 14.4. The van der Waals surface area contributed by atoms with Gasteiger partial charge in [0.1, 0.15) is 28.4 Å². The van der Waals surface area contributed by atoms with Crippen molar-refractivity contribution in [3.8, 4) is 10.6 Å². The molecule has 11 heteroatoms. The normalized spacial score (nSPS) is 12.0. The summed E-state index contributed by atoms with van der Waals surface area (Å²) < 4.78 is 28.0. The molecule has 4 rings (SSSR count). The maximum absolute atomic E-state index is 14.3. The van der Waals surface area contributed by atoms with Gasteiger partial charge in [-0.05, 0) is 30.3 Å². The molecule has 0 bridgehead atoms. The van der Waals surface area contributed by atoms with Gasteiger partial charge in [0, 0.05) is 21.5 Å². The standard InChI is InChI=1S/C18H11ClF2N6OS/c19-10-3-1-2-9(6-10)18-22-14(8-29-18)17(28)23-15(16-24-26-27-25-16)12-7-11(20)4-5-13(12)21/h1-8,15H,(H,23,28)(H,24,25,26,27)/t15-/m1/s1. The molecule has 2 aromatic carbocycles. The van der Waals surface area contributed by atoms with E-state index in [0.717, 1.165) is 23.8 Å². The second-order valence-corrected chi connectivity index (χ2v) is 7.19. The second kappa shape index (κ2) is 8.02. The Bertz CT molecular complexity index is 1170. The van der Waals surface area contributed by atoms with Crippen molar-refractivity contribution in [2.45, 2.75) is 6.04 Å². The maximum atomic E-state index is 14.3. The molecular formula is C18H11ClF2N6OS. The van der Waals surface area contributed by atoms with Gasteiger partial charge in [0.2, 0.25) is 5.82 Å². The molecule has 0 fully saturated rings. The summed E-state index contributed by atoms with van der Waals surface area (Å²) >= 11 is 7.25. The van der Waals surface area contributed by atoms with E-state index >= 15 is 0 Å². The molecule has 0 unspecified atom stereocenters. The predicted octanol–water partition coefficient (Wildman–Crippen LogP) is 3.77. The number of thiazole rings is 1. The number of H-pyrrole nitrogens is 1. The average Bonchev–Trinajstić information content (AvgIpc) is 3.40. The van der Waals surface area contributed by atoms with Gasteiger partial charge >= 0.3 is 0 Å². The van der Waals surface area contributed by atoms with Crippen LogP contribution in [-0.2, 0) is 0 Å². The van der Waals surface area contributed by atoms with Crippen LogP contribution in [0.25, 0.3) is 10.6 Å². The lowest BCUT2D eigenvalue weighted by atomic mass is 10.1. The summed E-state index contributed by atoms with van der Waals surface area (Å²) in [5.41, 5.74) is 0.729. The third kappa shape index (κ3) is 4.13. The summed E-state index contributed by atoms with van der Waals surface area (Å²) in [4.78, 5) is 17.0. The van der Waals surface area contributed by atoms with Gasteiger partial charge in [-0.3, -0.25) is 4.79 Å². The van der Waals surface area contributed by atoms with Gasteiger partial charge in [-0.1, -0.05) is 28.9 Å². The first-order valence-electron chi connectivity index (χ1n) is 8.22. The molecule has 2 heterocycles. The highest BCUT2D eigenvalue weighted by molar-refractivity contribution is 7.13. The number of carbonyl (C=O) groups is 1. The number of nitrogens with zero attached hydrogens (tertiary/aromatic N) is 4. The molecule has 0 aliphatic carbocycles. The molecule has 2 aromatic heterocycles. The van der Waals surface area contributed by atoms with Gasteiger partial charge in [0.15, 0.2) is 0 Å². The molecular weight excluding hydrogens is 422 g/mol. The number of rotatable bonds is 5. The largest absolute Gasteiger partial charge is 0.336 e. The molecule has 0 aliphatic heterocycles. The van der Waals surface area contributed by atoms with E-state index in [0.29, 0.717) is 10.0 Å². The minimum Gasteiger partial charge on any atom is -0.336 e. The fraction of sp³-hybridized carbons (Fsp3) is 0.0556. The predicted molar refractivity (Wildman–Crippen MR) is 102 cm³/mol. The number of tetrazole rings is 1. The average molecular weight is 433 g/mol.